The second kappa shape index (κ2) is 8.53. The maximum Gasteiger partial charge on any atom is 0.251 e. The summed E-state index contributed by atoms with van der Waals surface area (Å²) in [5.41, 5.74) is 8.33. The van der Waals surface area contributed by atoms with Crippen LogP contribution in [0.2, 0.25) is 0 Å². The number of carbonyl (C=O) groups excluding carboxylic acids is 2. The molecular weight excluding hydrogens is 344 g/mol. The molecule has 2 amide bonds. The van der Waals surface area contributed by atoms with Crippen molar-refractivity contribution in [2.75, 3.05) is 32.5 Å². The number of anilines is 1. The highest BCUT2D eigenvalue weighted by atomic mass is 16.5. The molecule has 0 aliphatic carbocycles. The molecule has 142 valence electrons. The lowest BCUT2D eigenvalue weighted by Crippen LogP contribution is -2.30. The van der Waals surface area contributed by atoms with Crippen molar-refractivity contribution in [3.63, 3.8) is 0 Å². The van der Waals surface area contributed by atoms with E-state index in [1.54, 1.807) is 37.6 Å². The molecule has 1 saturated heterocycles. The van der Waals surface area contributed by atoms with Crippen molar-refractivity contribution in [1.29, 1.82) is 0 Å². The van der Waals surface area contributed by atoms with Crippen molar-refractivity contribution >= 4 is 17.5 Å². The number of amides is 2. The van der Waals surface area contributed by atoms with E-state index in [0.717, 1.165) is 24.9 Å². The second-order valence-corrected chi connectivity index (χ2v) is 6.46. The number of pyridine rings is 1. The van der Waals surface area contributed by atoms with E-state index < -0.39 is 0 Å². The minimum Gasteiger partial charge on any atom is -0.492 e. The topological polar surface area (TPSA) is 97.6 Å². The van der Waals surface area contributed by atoms with Crippen molar-refractivity contribution in [3.8, 4) is 17.0 Å². The van der Waals surface area contributed by atoms with Crippen LogP contribution in [0, 0.1) is 0 Å². The van der Waals surface area contributed by atoms with Crippen molar-refractivity contribution in [2.24, 2.45) is 0 Å². The first kappa shape index (κ1) is 18.7. The van der Waals surface area contributed by atoms with Gasteiger partial charge in [0.2, 0.25) is 5.91 Å². The molecule has 7 nitrogen and oxygen atoms in total. The summed E-state index contributed by atoms with van der Waals surface area (Å²) in [5.74, 6) is 0.537. The van der Waals surface area contributed by atoms with Crippen LogP contribution in [0.1, 0.15) is 29.6 Å². The molecule has 0 bridgehead atoms. The summed E-state index contributed by atoms with van der Waals surface area (Å²) in [6, 6.07) is 8.85. The lowest BCUT2D eigenvalue weighted by Gasteiger charge is -2.15. The van der Waals surface area contributed by atoms with Crippen LogP contribution in [0.25, 0.3) is 11.3 Å². The first-order chi connectivity index (χ1) is 13.1. The van der Waals surface area contributed by atoms with Gasteiger partial charge in [-0.15, -0.1) is 0 Å². The molecule has 7 heteroatoms. The summed E-state index contributed by atoms with van der Waals surface area (Å²) in [6.07, 6.45) is 3.92. The fourth-order valence-electron chi connectivity index (χ4n) is 3.21. The zero-order valence-electron chi connectivity index (χ0n) is 15.4. The summed E-state index contributed by atoms with van der Waals surface area (Å²) < 4.78 is 5.35. The molecule has 0 saturated carbocycles. The Kier molecular flexibility index (Phi) is 5.90. The van der Waals surface area contributed by atoms with Gasteiger partial charge < -0.3 is 20.7 Å². The van der Waals surface area contributed by atoms with Gasteiger partial charge in [-0.05, 0) is 31.0 Å². The van der Waals surface area contributed by atoms with Crippen LogP contribution >= 0.6 is 0 Å². The van der Waals surface area contributed by atoms with Crippen molar-refractivity contribution in [1.82, 2.24) is 15.2 Å². The predicted molar refractivity (Wildman–Crippen MR) is 103 cm³/mol. The number of ether oxygens (including phenoxy) is 1. The average Bonchev–Trinajstić information content (AvgIpc) is 3.09. The van der Waals surface area contributed by atoms with Gasteiger partial charge in [0, 0.05) is 43.4 Å². The normalized spacial score (nSPS) is 13.7. The second-order valence-electron chi connectivity index (χ2n) is 6.46. The first-order valence-electron chi connectivity index (χ1n) is 9.05. The molecular formula is C20H24N4O3. The van der Waals surface area contributed by atoms with Gasteiger partial charge in [0.1, 0.15) is 5.69 Å². The minimum absolute atomic E-state index is 0.160. The molecule has 1 aliphatic heterocycles. The Bertz CT molecular complexity index is 838. The Morgan fingerprint density at radius 3 is 2.96 bits per heavy atom. The largest absolute Gasteiger partial charge is 0.492 e. The van der Waals surface area contributed by atoms with Gasteiger partial charge in [0.15, 0.2) is 5.75 Å². The van der Waals surface area contributed by atoms with E-state index in [0.29, 0.717) is 42.2 Å². The number of nitrogens with two attached hydrogens (primary N) is 1. The van der Waals surface area contributed by atoms with E-state index in [9.17, 15) is 9.59 Å². The SMILES string of the molecule is COc1c(N)ccnc1-c1cccc(C(=O)NCCCN2CCCC2=O)c1. The van der Waals surface area contributed by atoms with Crippen LogP contribution in [0.4, 0.5) is 5.69 Å². The lowest BCUT2D eigenvalue weighted by molar-refractivity contribution is -0.127. The van der Waals surface area contributed by atoms with Crippen LogP contribution in [0.5, 0.6) is 5.75 Å². The van der Waals surface area contributed by atoms with Gasteiger partial charge in [-0.25, -0.2) is 0 Å². The molecule has 3 N–H and O–H groups in total. The van der Waals surface area contributed by atoms with Crippen molar-refractivity contribution < 1.29 is 14.3 Å². The van der Waals surface area contributed by atoms with Gasteiger partial charge in [-0.3, -0.25) is 14.6 Å². The highest BCUT2D eigenvalue weighted by Crippen LogP contribution is 2.32. The molecule has 3 rings (SSSR count). The van der Waals surface area contributed by atoms with Gasteiger partial charge in [-0.1, -0.05) is 12.1 Å². The fourth-order valence-corrected chi connectivity index (χ4v) is 3.21. The van der Waals surface area contributed by atoms with Gasteiger partial charge in [0.25, 0.3) is 5.91 Å². The third-order valence-corrected chi connectivity index (χ3v) is 4.60. The number of carbonyl (C=O) groups is 2. The van der Waals surface area contributed by atoms with E-state index in [-0.39, 0.29) is 11.8 Å². The van der Waals surface area contributed by atoms with Gasteiger partial charge >= 0.3 is 0 Å². The van der Waals surface area contributed by atoms with Crippen LogP contribution < -0.4 is 15.8 Å². The zero-order chi connectivity index (χ0) is 19.2. The molecule has 0 unspecified atom stereocenters. The molecule has 27 heavy (non-hydrogen) atoms. The van der Waals surface area contributed by atoms with Gasteiger partial charge in [0.05, 0.1) is 12.8 Å². The number of hydrogen-bond donors (Lipinski definition) is 2. The molecule has 2 heterocycles. The quantitative estimate of drug-likeness (QED) is 0.729. The maximum atomic E-state index is 12.4. The molecule has 0 radical (unpaired) electrons. The van der Waals surface area contributed by atoms with Crippen molar-refractivity contribution in [3.05, 3.63) is 42.1 Å². The number of hydrogen-bond acceptors (Lipinski definition) is 5. The Hall–Kier alpha value is -3.09. The monoisotopic (exact) mass is 368 g/mol. The minimum atomic E-state index is -0.160. The summed E-state index contributed by atoms with van der Waals surface area (Å²) in [4.78, 5) is 30.2. The third kappa shape index (κ3) is 4.36. The van der Waals surface area contributed by atoms with Crippen LogP contribution in [-0.2, 0) is 4.79 Å². The van der Waals surface area contributed by atoms with Crippen molar-refractivity contribution in [2.45, 2.75) is 19.3 Å². The molecule has 1 aromatic carbocycles. The lowest BCUT2D eigenvalue weighted by atomic mass is 10.1. The standard InChI is InChI=1S/C20H24N4O3/c1-27-19-16(21)8-10-22-18(19)14-5-2-6-15(13-14)20(26)23-9-4-12-24-11-3-7-17(24)25/h2,5-6,8,10,13H,3-4,7,9,11-12H2,1H3,(H2,21,22)(H,23,26). The predicted octanol–water partition coefficient (Wildman–Crippen LogP) is 2.08. The number of nitrogen functional groups attached to an aromatic ring is 1. The zero-order valence-corrected chi connectivity index (χ0v) is 15.4. The number of nitrogens with one attached hydrogen (secondary N) is 1. The Balaban J connectivity index is 1.62. The fraction of sp³-hybridized carbons (Fsp3) is 0.350. The Morgan fingerprint density at radius 2 is 2.22 bits per heavy atom. The number of rotatable bonds is 7. The summed E-state index contributed by atoms with van der Waals surface area (Å²) in [7, 11) is 1.54. The molecule has 1 aliphatic rings. The smallest absolute Gasteiger partial charge is 0.251 e. The molecule has 1 aromatic heterocycles. The van der Waals surface area contributed by atoms with E-state index in [4.69, 9.17) is 10.5 Å². The van der Waals surface area contributed by atoms with E-state index in [2.05, 4.69) is 10.3 Å². The number of likely N-dealkylation sites (tertiary alicyclic amines) is 1. The highest BCUT2D eigenvalue weighted by Gasteiger charge is 2.19. The van der Waals surface area contributed by atoms with Crippen LogP contribution in [0.3, 0.4) is 0 Å². The Morgan fingerprint density at radius 1 is 1.37 bits per heavy atom. The number of methoxy groups -OCH3 is 1. The van der Waals surface area contributed by atoms with Gasteiger partial charge in [-0.2, -0.15) is 0 Å². The molecule has 2 aromatic rings. The number of nitrogens with zero attached hydrogens (tertiary/aromatic N) is 2. The first-order valence-corrected chi connectivity index (χ1v) is 9.05. The van der Waals surface area contributed by atoms with Crippen LogP contribution in [0.15, 0.2) is 36.5 Å². The third-order valence-electron chi connectivity index (χ3n) is 4.60. The van der Waals surface area contributed by atoms with E-state index >= 15 is 0 Å². The summed E-state index contributed by atoms with van der Waals surface area (Å²) >= 11 is 0. The number of aromatic nitrogens is 1. The van der Waals surface area contributed by atoms with Crippen LogP contribution in [-0.4, -0.2) is 48.4 Å². The van der Waals surface area contributed by atoms with E-state index in [1.807, 2.05) is 11.0 Å². The van der Waals surface area contributed by atoms with E-state index in [1.165, 1.54) is 0 Å². The number of benzene rings is 1. The summed E-state index contributed by atoms with van der Waals surface area (Å²) in [5, 5.41) is 2.90. The highest BCUT2D eigenvalue weighted by molar-refractivity contribution is 5.95. The molecule has 0 atom stereocenters. The molecule has 1 fully saturated rings. The Labute approximate surface area is 158 Å². The maximum absolute atomic E-state index is 12.4. The average molecular weight is 368 g/mol. The summed E-state index contributed by atoms with van der Waals surface area (Å²) in [6.45, 7) is 2.03. The molecule has 0 spiro atoms.